The van der Waals surface area contributed by atoms with Gasteiger partial charge in [0.05, 0.1) is 17.8 Å². The molecular weight excluding hydrogens is 424 g/mol. The molecule has 7 rings (SSSR count). The molecule has 1 fully saturated rings. The van der Waals surface area contributed by atoms with E-state index in [1.165, 1.54) is 17.5 Å². The van der Waals surface area contributed by atoms with E-state index in [2.05, 4.69) is 55.8 Å². The quantitative estimate of drug-likeness (QED) is 0.455. The van der Waals surface area contributed by atoms with Gasteiger partial charge in [-0.05, 0) is 55.4 Å². The molecule has 1 aliphatic carbocycles. The Morgan fingerprint density at radius 3 is 2.71 bits per heavy atom. The average molecular weight is 453 g/mol. The number of hydrogen-bond acceptors (Lipinski definition) is 6. The summed E-state index contributed by atoms with van der Waals surface area (Å²) >= 11 is 0. The summed E-state index contributed by atoms with van der Waals surface area (Å²) in [6.45, 7) is 3.28. The van der Waals surface area contributed by atoms with Crippen molar-refractivity contribution in [3.63, 3.8) is 0 Å². The van der Waals surface area contributed by atoms with Crippen LogP contribution in [0.5, 0.6) is 0 Å². The van der Waals surface area contributed by atoms with E-state index in [-0.39, 0.29) is 5.54 Å². The Bertz CT molecular complexity index is 1360. The van der Waals surface area contributed by atoms with Gasteiger partial charge in [-0.3, -0.25) is 0 Å². The van der Waals surface area contributed by atoms with E-state index in [0.717, 1.165) is 92.6 Å². The Kier molecular flexibility index (Phi) is 4.65. The summed E-state index contributed by atoms with van der Waals surface area (Å²) in [6.07, 6.45) is 10.4. The van der Waals surface area contributed by atoms with E-state index in [9.17, 15) is 0 Å². The van der Waals surface area contributed by atoms with E-state index in [0.29, 0.717) is 0 Å². The first-order valence-corrected chi connectivity index (χ1v) is 12.4. The Morgan fingerprint density at radius 1 is 0.853 bits per heavy atom. The first-order valence-electron chi connectivity index (χ1n) is 12.4. The molecule has 2 aliphatic heterocycles. The van der Waals surface area contributed by atoms with Crippen LogP contribution >= 0.6 is 0 Å². The van der Waals surface area contributed by atoms with Crippen molar-refractivity contribution in [3.05, 3.63) is 65.7 Å². The first kappa shape index (κ1) is 20.1. The highest BCUT2D eigenvalue weighted by Gasteiger charge is 2.44. The minimum absolute atomic E-state index is 0.0280. The van der Waals surface area contributed by atoms with Crippen LogP contribution in [0.15, 0.2) is 48.8 Å². The second-order valence-electron chi connectivity index (χ2n) is 9.67. The highest BCUT2D eigenvalue weighted by molar-refractivity contribution is 5.77. The fourth-order valence-corrected chi connectivity index (χ4v) is 6.16. The topological polar surface area (TPSA) is 69.0 Å². The number of nitrogens with zero attached hydrogens (tertiary/aromatic N) is 6. The van der Waals surface area contributed by atoms with Gasteiger partial charge in [-0.2, -0.15) is 0 Å². The zero-order chi connectivity index (χ0) is 22.5. The second-order valence-corrected chi connectivity index (χ2v) is 9.67. The van der Waals surface area contributed by atoms with E-state index in [1.54, 1.807) is 0 Å². The van der Waals surface area contributed by atoms with Crippen molar-refractivity contribution in [1.82, 2.24) is 24.5 Å². The van der Waals surface area contributed by atoms with Crippen molar-refractivity contribution in [2.75, 3.05) is 31.2 Å². The van der Waals surface area contributed by atoms with Crippen molar-refractivity contribution in [2.24, 2.45) is 0 Å². The second kappa shape index (κ2) is 7.87. The van der Waals surface area contributed by atoms with Gasteiger partial charge in [0.1, 0.15) is 11.3 Å². The van der Waals surface area contributed by atoms with Gasteiger partial charge in [-0.25, -0.2) is 19.9 Å². The van der Waals surface area contributed by atoms with Crippen LogP contribution in [0.4, 0.5) is 5.95 Å². The predicted octanol–water partition coefficient (Wildman–Crippen LogP) is 4.14. The Hall–Kier alpha value is -3.32. The van der Waals surface area contributed by atoms with Crippen LogP contribution in [0.1, 0.15) is 42.6 Å². The van der Waals surface area contributed by atoms with Crippen LogP contribution in [-0.2, 0) is 23.1 Å². The molecule has 1 unspecified atom stereocenters. The van der Waals surface area contributed by atoms with Gasteiger partial charge in [0, 0.05) is 44.1 Å². The van der Waals surface area contributed by atoms with Gasteiger partial charge in [-0.1, -0.05) is 24.3 Å². The van der Waals surface area contributed by atoms with Gasteiger partial charge >= 0.3 is 0 Å². The van der Waals surface area contributed by atoms with E-state index >= 15 is 0 Å². The van der Waals surface area contributed by atoms with Gasteiger partial charge in [-0.15, -0.1) is 0 Å². The third kappa shape index (κ3) is 3.06. The monoisotopic (exact) mass is 452 g/mol. The average Bonchev–Trinajstić information content (AvgIpc) is 3.31. The third-order valence-corrected chi connectivity index (χ3v) is 7.76. The lowest BCUT2D eigenvalue weighted by atomic mass is 9.83. The smallest absolute Gasteiger partial charge is 0.225 e. The summed E-state index contributed by atoms with van der Waals surface area (Å²) in [5, 5.41) is 0. The maximum atomic E-state index is 5.56. The van der Waals surface area contributed by atoms with Crippen LogP contribution in [0.2, 0.25) is 0 Å². The molecule has 4 aromatic rings. The van der Waals surface area contributed by atoms with Crippen molar-refractivity contribution in [3.8, 4) is 11.3 Å². The Balaban J connectivity index is 1.30. The standard InChI is InChI=1S/C27H28N6O/c1-2-6-21-19(5-1)10-12-27(21)11-3-7-24-30-23-9-8-22(31-25(23)33(24)27)20-17-28-26(29-18-20)32-13-4-15-34-16-14-32/h1-2,5-6,8-9,17-18H,3-4,7,10-16H2. The van der Waals surface area contributed by atoms with Crippen LogP contribution in [0.3, 0.4) is 0 Å². The molecule has 3 aromatic heterocycles. The number of fused-ring (bicyclic) bond motifs is 6. The molecule has 0 bridgehead atoms. The summed E-state index contributed by atoms with van der Waals surface area (Å²) in [7, 11) is 0. The van der Waals surface area contributed by atoms with Crippen molar-refractivity contribution in [2.45, 2.75) is 44.1 Å². The zero-order valence-corrected chi connectivity index (χ0v) is 19.3. The maximum absolute atomic E-state index is 5.56. The minimum Gasteiger partial charge on any atom is -0.380 e. The lowest BCUT2D eigenvalue weighted by Crippen LogP contribution is -2.37. The molecular formula is C27H28N6O. The van der Waals surface area contributed by atoms with Crippen LogP contribution in [0, 0.1) is 0 Å². The number of anilines is 1. The molecule has 34 heavy (non-hydrogen) atoms. The molecule has 7 heteroatoms. The summed E-state index contributed by atoms with van der Waals surface area (Å²) in [5.41, 5.74) is 6.69. The number of pyridine rings is 1. The van der Waals surface area contributed by atoms with Crippen LogP contribution in [-0.4, -0.2) is 50.8 Å². The van der Waals surface area contributed by atoms with Gasteiger partial charge in [0.25, 0.3) is 0 Å². The molecule has 3 aliphatic rings. The minimum atomic E-state index is -0.0280. The summed E-state index contributed by atoms with van der Waals surface area (Å²) < 4.78 is 8.03. The SMILES string of the molecule is c1ccc2c(c1)CCC21CCCc2nc3ccc(-c4cnc(N5CCCOCC5)nc4)nc3n21. The fourth-order valence-electron chi connectivity index (χ4n) is 6.16. The third-order valence-electron chi connectivity index (χ3n) is 7.76. The Morgan fingerprint density at radius 2 is 1.76 bits per heavy atom. The normalized spacial score (nSPS) is 22.1. The summed E-state index contributed by atoms with van der Waals surface area (Å²) in [4.78, 5) is 21.7. The van der Waals surface area contributed by atoms with Crippen LogP contribution < -0.4 is 4.90 Å². The van der Waals surface area contributed by atoms with Crippen molar-refractivity contribution >= 4 is 17.1 Å². The highest BCUT2D eigenvalue weighted by Crippen LogP contribution is 2.48. The summed E-state index contributed by atoms with van der Waals surface area (Å²) in [6, 6.07) is 13.1. The molecule has 7 nitrogen and oxygen atoms in total. The van der Waals surface area contributed by atoms with E-state index in [4.69, 9.17) is 14.7 Å². The molecule has 0 saturated carbocycles. The molecule has 1 saturated heterocycles. The van der Waals surface area contributed by atoms with Crippen molar-refractivity contribution < 1.29 is 4.74 Å². The van der Waals surface area contributed by atoms with E-state index in [1.807, 2.05) is 12.4 Å². The highest BCUT2D eigenvalue weighted by atomic mass is 16.5. The van der Waals surface area contributed by atoms with E-state index < -0.39 is 0 Å². The Labute approximate surface area is 198 Å². The van der Waals surface area contributed by atoms with Gasteiger partial charge < -0.3 is 14.2 Å². The largest absolute Gasteiger partial charge is 0.380 e. The molecule has 0 radical (unpaired) electrons. The predicted molar refractivity (Wildman–Crippen MR) is 131 cm³/mol. The number of benzene rings is 1. The fraction of sp³-hybridized carbons (Fsp3) is 0.407. The molecule has 0 amide bonds. The molecule has 5 heterocycles. The molecule has 1 spiro atoms. The number of rotatable bonds is 2. The number of imidazole rings is 1. The first-order chi connectivity index (χ1) is 16.8. The zero-order valence-electron chi connectivity index (χ0n) is 19.3. The number of aromatic nitrogens is 5. The van der Waals surface area contributed by atoms with Gasteiger partial charge in [0.2, 0.25) is 5.95 Å². The maximum Gasteiger partial charge on any atom is 0.225 e. The van der Waals surface area contributed by atoms with Gasteiger partial charge in [0.15, 0.2) is 5.65 Å². The van der Waals surface area contributed by atoms with Crippen LogP contribution in [0.25, 0.3) is 22.4 Å². The summed E-state index contributed by atoms with van der Waals surface area (Å²) in [5.74, 6) is 1.93. The lowest BCUT2D eigenvalue weighted by molar-refractivity contribution is 0.152. The molecule has 1 aromatic carbocycles. The molecule has 1 atom stereocenters. The molecule has 0 N–H and O–H groups in total. The number of aryl methyl sites for hydroxylation is 2. The number of ether oxygens (including phenoxy) is 1. The molecule has 172 valence electrons. The lowest BCUT2D eigenvalue weighted by Gasteiger charge is -2.37. The number of hydrogen-bond donors (Lipinski definition) is 0. The van der Waals surface area contributed by atoms with Crippen molar-refractivity contribution in [1.29, 1.82) is 0 Å².